The van der Waals surface area contributed by atoms with Crippen LogP contribution in [0.25, 0.3) is 0 Å². The molecule has 31 heavy (non-hydrogen) atoms. The topological polar surface area (TPSA) is 99.7 Å². The first kappa shape index (κ1) is 24.3. The summed E-state index contributed by atoms with van der Waals surface area (Å²) in [6.07, 6.45) is 5.16. The number of nitrogens with zero attached hydrogens (tertiary/aromatic N) is 3. The van der Waals surface area contributed by atoms with Crippen molar-refractivity contribution >= 4 is 15.9 Å². The number of piperidine rings is 1. The van der Waals surface area contributed by atoms with Crippen LogP contribution in [0.15, 0.2) is 83.6 Å². The molecule has 0 amide bonds. The molecule has 3 aromatic rings. The smallest absolute Gasteiger partial charge is 0.225 e. The summed E-state index contributed by atoms with van der Waals surface area (Å²) < 4.78 is 1.13. The highest BCUT2D eigenvalue weighted by atomic mass is 79.9. The van der Waals surface area contributed by atoms with Gasteiger partial charge in [-0.1, -0.05) is 52.3 Å². The van der Waals surface area contributed by atoms with Gasteiger partial charge in [-0.25, -0.2) is 0 Å². The molecule has 2 N–H and O–H groups in total. The number of para-hydroxylation sites is 2. The lowest BCUT2D eigenvalue weighted by molar-refractivity contribution is -0.526. The molecular weight excluding hydrogens is 462 g/mol. The molecule has 1 saturated heterocycles. The predicted molar refractivity (Wildman–Crippen MR) is 123 cm³/mol. The maximum absolute atomic E-state index is 10.7. The minimum Gasteiger partial charge on any atom is -0.504 e. The van der Waals surface area contributed by atoms with Crippen LogP contribution in [0.5, 0.6) is 11.5 Å². The Morgan fingerprint density at radius 1 is 1.03 bits per heavy atom. The van der Waals surface area contributed by atoms with Crippen molar-refractivity contribution in [1.29, 1.82) is 0 Å². The second kappa shape index (κ2) is 13.4. The van der Waals surface area contributed by atoms with Crippen molar-refractivity contribution in [2.45, 2.75) is 25.4 Å². The van der Waals surface area contributed by atoms with Gasteiger partial charge in [0.25, 0.3) is 0 Å². The van der Waals surface area contributed by atoms with E-state index < -0.39 is 6.04 Å². The van der Waals surface area contributed by atoms with E-state index in [2.05, 4.69) is 25.8 Å². The van der Waals surface area contributed by atoms with Gasteiger partial charge in [0.2, 0.25) is 6.04 Å². The summed E-state index contributed by atoms with van der Waals surface area (Å²) in [7, 11) is 0. The monoisotopic (exact) mass is 487 g/mol. The van der Waals surface area contributed by atoms with E-state index in [9.17, 15) is 10.1 Å². The van der Waals surface area contributed by atoms with E-state index in [1.165, 1.54) is 12.1 Å². The van der Waals surface area contributed by atoms with Crippen molar-refractivity contribution in [1.82, 2.24) is 9.88 Å². The quantitative estimate of drug-likeness (QED) is 0.310. The third kappa shape index (κ3) is 9.59. The summed E-state index contributed by atoms with van der Waals surface area (Å²) in [4.78, 5) is 16.7. The summed E-state index contributed by atoms with van der Waals surface area (Å²) in [5.41, 5.74) is 1.12. The van der Waals surface area contributed by atoms with Gasteiger partial charge in [-0.05, 0) is 48.9 Å². The Hall–Kier alpha value is -2.97. The van der Waals surface area contributed by atoms with Crippen molar-refractivity contribution in [3.63, 3.8) is 0 Å². The van der Waals surface area contributed by atoms with E-state index in [1.54, 1.807) is 18.3 Å². The van der Waals surface area contributed by atoms with Crippen molar-refractivity contribution in [2.24, 2.45) is 0 Å². The van der Waals surface area contributed by atoms with Crippen molar-refractivity contribution in [2.75, 3.05) is 13.1 Å². The van der Waals surface area contributed by atoms with Gasteiger partial charge in [0.1, 0.15) is 0 Å². The Labute approximate surface area is 190 Å². The first-order valence-corrected chi connectivity index (χ1v) is 10.7. The van der Waals surface area contributed by atoms with Gasteiger partial charge in [0.15, 0.2) is 11.5 Å². The Kier molecular flexibility index (Phi) is 10.5. The van der Waals surface area contributed by atoms with Gasteiger partial charge in [-0.15, -0.1) is 0 Å². The van der Waals surface area contributed by atoms with E-state index in [4.69, 9.17) is 10.2 Å². The van der Waals surface area contributed by atoms with Crippen molar-refractivity contribution in [3.05, 3.63) is 99.3 Å². The van der Waals surface area contributed by atoms with Gasteiger partial charge >= 0.3 is 0 Å². The summed E-state index contributed by atoms with van der Waals surface area (Å²) >= 11 is 3.31. The fourth-order valence-electron chi connectivity index (χ4n) is 2.98. The van der Waals surface area contributed by atoms with E-state index in [-0.39, 0.29) is 16.4 Å². The van der Waals surface area contributed by atoms with E-state index in [1.807, 2.05) is 48.7 Å². The Bertz CT molecular complexity index is 892. The molecule has 1 aliphatic rings. The molecule has 0 aliphatic carbocycles. The van der Waals surface area contributed by atoms with E-state index in [0.717, 1.165) is 29.5 Å². The average molecular weight is 488 g/mol. The number of aromatic nitrogens is 1. The average Bonchev–Trinajstić information content (AvgIpc) is 2.78. The van der Waals surface area contributed by atoms with Crippen LogP contribution < -0.4 is 0 Å². The number of rotatable bonds is 3. The Balaban J connectivity index is 0.000000189. The number of nitro groups is 1. The molecule has 0 bridgehead atoms. The molecule has 1 aliphatic heterocycles. The molecule has 1 fully saturated rings. The summed E-state index contributed by atoms with van der Waals surface area (Å²) in [5.74, 6) is -0.153. The Morgan fingerprint density at radius 3 is 2.16 bits per heavy atom. The lowest BCUT2D eigenvalue weighted by atomic mass is 10.1. The molecule has 1 aromatic heterocycles. The Morgan fingerprint density at radius 2 is 1.68 bits per heavy atom. The van der Waals surface area contributed by atoms with Crippen LogP contribution in [0.2, 0.25) is 0 Å². The molecule has 1 unspecified atom stereocenters. The zero-order valence-corrected chi connectivity index (χ0v) is 18.6. The first-order valence-electron chi connectivity index (χ1n) is 9.88. The van der Waals surface area contributed by atoms with Gasteiger partial charge in [0.05, 0.1) is 6.54 Å². The molecule has 4 rings (SSSR count). The number of aromatic hydroxyl groups is 2. The van der Waals surface area contributed by atoms with Crippen molar-refractivity contribution < 1.29 is 15.1 Å². The predicted octanol–water partition coefficient (Wildman–Crippen LogP) is 4.87. The largest absolute Gasteiger partial charge is 0.504 e. The standard InChI is InChI=1S/C11H15N3O2.C6H5Br.C6H6O2/c15-14(16)11-4-2-6-13(9-11)8-10-3-1-5-12-7-10;7-6-4-2-1-3-5-6;7-5-3-1-2-4-6(5)8/h1,3,5,7,11H,2,4,6,8-9H2;1-5H;1-4,7-8H. The fraction of sp³-hybridized carbons (Fsp3) is 0.261. The molecule has 2 aromatic carbocycles. The van der Waals surface area contributed by atoms with Crippen LogP contribution in [-0.2, 0) is 6.54 Å². The number of benzene rings is 2. The minimum atomic E-state index is -0.398. The van der Waals surface area contributed by atoms with Crippen LogP contribution in [0, 0.1) is 10.1 Å². The lowest BCUT2D eigenvalue weighted by Gasteiger charge is -2.28. The highest BCUT2D eigenvalue weighted by molar-refractivity contribution is 9.10. The zero-order valence-electron chi connectivity index (χ0n) is 17.0. The number of hydrogen-bond acceptors (Lipinski definition) is 6. The molecule has 8 heteroatoms. The normalized spacial score (nSPS) is 15.6. The third-order valence-electron chi connectivity index (χ3n) is 4.52. The first-order chi connectivity index (χ1) is 15.0. The van der Waals surface area contributed by atoms with E-state index in [0.29, 0.717) is 13.0 Å². The van der Waals surface area contributed by atoms with Gasteiger partial charge in [0, 0.05) is 34.8 Å². The van der Waals surface area contributed by atoms with Gasteiger partial charge < -0.3 is 10.2 Å². The maximum Gasteiger partial charge on any atom is 0.225 e. The highest BCUT2D eigenvalue weighted by Crippen LogP contribution is 2.21. The van der Waals surface area contributed by atoms with Gasteiger partial charge in [-0.2, -0.15) is 0 Å². The minimum absolute atomic E-state index is 0.0764. The summed E-state index contributed by atoms with van der Waals surface area (Å²) in [6.45, 7) is 2.26. The third-order valence-corrected chi connectivity index (χ3v) is 5.05. The van der Waals surface area contributed by atoms with E-state index >= 15 is 0 Å². The second-order valence-corrected chi connectivity index (χ2v) is 7.88. The van der Waals surface area contributed by atoms with Crippen LogP contribution in [0.4, 0.5) is 0 Å². The SMILES string of the molecule is Brc1ccccc1.O=[N+]([O-])C1CCCN(Cc2cccnc2)C1.Oc1ccccc1O. The molecule has 0 spiro atoms. The summed E-state index contributed by atoms with van der Waals surface area (Å²) in [5, 5.41) is 28.1. The van der Waals surface area contributed by atoms with Crippen molar-refractivity contribution in [3.8, 4) is 11.5 Å². The van der Waals surface area contributed by atoms with Crippen LogP contribution in [-0.4, -0.2) is 44.2 Å². The lowest BCUT2D eigenvalue weighted by Crippen LogP contribution is -2.41. The molecule has 0 radical (unpaired) electrons. The zero-order chi connectivity index (χ0) is 22.5. The number of phenols is 2. The number of halogens is 1. The number of pyridine rings is 1. The molecule has 164 valence electrons. The number of hydrogen-bond donors (Lipinski definition) is 2. The molecule has 2 heterocycles. The van der Waals surface area contributed by atoms with Gasteiger partial charge in [-0.3, -0.25) is 20.0 Å². The second-order valence-electron chi connectivity index (χ2n) is 6.96. The highest BCUT2D eigenvalue weighted by Gasteiger charge is 2.27. The number of phenolic OH excluding ortho intramolecular Hbond substituents is 2. The maximum atomic E-state index is 10.7. The van der Waals surface area contributed by atoms with Crippen LogP contribution in [0.3, 0.4) is 0 Å². The number of likely N-dealkylation sites (tertiary alicyclic amines) is 1. The fourth-order valence-corrected chi connectivity index (χ4v) is 3.28. The van der Waals surface area contributed by atoms with Crippen LogP contribution >= 0.6 is 15.9 Å². The molecule has 1 atom stereocenters. The molecular formula is C23H26BrN3O4. The molecule has 7 nitrogen and oxygen atoms in total. The summed E-state index contributed by atoms with van der Waals surface area (Å²) in [6, 6.07) is 19.6. The molecule has 0 saturated carbocycles. The van der Waals surface area contributed by atoms with Crippen LogP contribution in [0.1, 0.15) is 18.4 Å².